The van der Waals surface area contributed by atoms with E-state index in [1.165, 1.54) is 12.8 Å². The lowest BCUT2D eigenvalue weighted by Crippen LogP contribution is -2.71. The van der Waals surface area contributed by atoms with Crippen molar-refractivity contribution in [1.29, 1.82) is 0 Å². The lowest BCUT2D eigenvalue weighted by atomic mass is 9.90. The first-order valence-corrected chi connectivity index (χ1v) is 8.20. The first-order chi connectivity index (χ1) is 9.81. The second-order valence-electron chi connectivity index (χ2n) is 7.68. The van der Waals surface area contributed by atoms with Gasteiger partial charge in [0, 0.05) is 25.2 Å². The first-order valence-electron chi connectivity index (χ1n) is 8.20. The molecule has 1 aliphatic carbocycles. The molecule has 3 fully saturated rings. The van der Waals surface area contributed by atoms with Crippen LogP contribution in [0.3, 0.4) is 0 Å². The zero-order valence-electron chi connectivity index (χ0n) is 13.6. The summed E-state index contributed by atoms with van der Waals surface area (Å²) in [6.07, 6.45) is 3.58. The molecule has 2 atom stereocenters. The largest absolute Gasteiger partial charge is 0.340 e. The van der Waals surface area contributed by atoms with Crippen molar-refractivity contribution in [2.24, 2.45) is 5.92 Å². The van der Waals surface area contributed by atoms with Gasteiger partial charge in [-0.3, -0.25) is 14.5 Å². The Morgan fingerprint density at radius 2 is 1.81 bits per heavy atom. The summed E-state index contributed by atoms with van der Waals surface area (Å²) in [5.41, 5.74) is -0.782. The Kier molecular flexibility index (Phi) is 3.51. The Balaban J connectivity index is 1.84. The molecule has 0 bridgehead atoms. The molecule has 0 aromatic rings. The molecule has 0 aromatic heterocycles. The van der Waals surface area contributed by atoms with Crippen LogP contribution in [0, 0.1) is 5.92 Å². The number of carbonyl (C=O) groups is 2. The molecule has 2 heterocycles. The minimum atomic E-state index is -0.782. The second-order valence-corrected chi connectivity index (χ2v) is 7.68. The summed E-state index contributed by atoms with van der Waals surface area (Å²) in [5, 5.41) is 2.89. The summed E-state index contributed by atoms with van der Waals surface area (Å²) in [5.74, 6) is 0.211. The predicted molar refractivity (Wildman–Crippen MR) is 80.7 cm³/mol. The van der Waals surface area contributed by atoms with Crippen LogP contribution in [-0.2, 0) is 9.59 Å². The molecule has 0 radical (unpaired) electrons. The highest BCUT2D eigenvalue weighted by Gasteiger charge is 2.50. The van der Waals surface area contributed by atoms with Gasteiger partial charge in [-0.25, -0.2) is 0 Å². The maximum Gasteiger partial charge on any atom is 0.248 e. The van der Waals surface area contributed by atoms with Crippen LogP contribution in [-0.4, -0.2) is 58.4 Å². The topological polar surface area (TPSA) is 52.7 Å². The number of carbonyl (C=O) groups excluding carboxylic acids is 2. The minimum absolute atomic E-state index is 0.000489. The molecule has 1 saturated carbocycles. The maximum absolute atomic E-state index is 12.9. The standard InChI is InChI=1S/C16H27N3O2/c1-10(2)13-14(20)17-16(3,4)15(21)19(13)12-7-8-18(9-12)11-5-6-11/h10-13H,5-9H2,1-4H3,(H,17,20). The molecular formula is C16H27N3O2. The Bertz CT molecular complexity index is 456. The molecule has 21 heavy (non-hydrogen) atoms. The number of nitrogens with one attached hydrogen (secondary N) is 1. The van der Waals surface area contributed by atoms with E-state index in [-0.39, 0.29) is 29.8 Å². The van der Waals surface area contributed by atoms with Gasteiger partial charge in [-0.05, 0) is 39.0 Å². The van der Waals surface area contributed by atoms with Crippen LogP contribution in [0.15, 0.2) is 0 Å². The van der Waals surface area contributed by atoms with Gasteiger partial charge in [0.05, 0.1) is 0 Å². The molecule has 3 aliphatic rings. The molecule has 1 N–H and O–H groups in total. The van der Waals surface area contributed by atoms with Gasteiger partial charge in [-0.1, -0.05) is 13.8 Å². The number of hydrogen-bond donors (Lipinski definition) is 1. The lowest BCUT2D eigenvalue weighted by Gasteiger charge is -2.47. The van der Waals surface area contributed by atoms with Crippen molar-refractivity contribution in [3.8, 4) is 0 Å². The number of likely N-dealkylation sites (tertiary alicyclic amines) is 1. The van der Waals surface area contributed by atoms with Gasteiger partial charge in [0.1, 0.15) is 11.6 Å². The molecule has 2 aliphatic heterocycles. The number of amides is 2. The molecule has 0 aromatic carbocycles. The van der Waals surface area contributed by atoms with Crippen LogP contribution < -0.4 is 5.32 Å². The fraction of sp³-hybridized carbons (Fsp3) is 0.875. The smallest absolute Gasteiger partial charge is 0.248 e. The zero-order chi connectivity index (χ0) is 15.4. The second kappa shape index (κ2) is 4.97. The van der Waals surface area contributed by atoms with Crippen LogP contribution in [0.5, 0.6) is 0 Å². The van der Waals surface area contributed by atoms with Crippen molar-refractivity contribution in [1.82, 2.24) is 15.1 Å². The highest BCUT2D eigenvalue weighted by Crippen LogP contribution is 2.34. The molecule has 2 saturated heterocycles. The third-order valence-electron chi connectivity index (χ3n) is 5.06. The Morgan fingerprint density at radius 3 is 2.38 bits per heavy atom. The van der Waals surface area contributed by atoms with Crippen LogP contribution in [0.4, 0.5) is 0 Å². The van der Waals surface area contributed by atoms with Gasteiger partial charge in [-0.2, -0.15) is 0 Å². The summed E-state index contributed by atoms with van der Waals surface area (Å²) >= 11 is 0. The van der Waals surface area contributed by atoms with Crippen LogP contribution >= 0.6 is 0 Å². The van der Waals surface area contributed by atoms with Crippen molar-refractivity contribution in [3.05, 3.63) is 0 Å². The van der Waals surface area contributed by atoms with Crippen LogP contribution in [0.1, 0.15) is 47.0 Å². The summed E-state index contributed by atoms with van der Waals surface area (Å²) in [7, 11) is 0. The zero-order valence-corrected chi connectivity index (χ0v) is 13.6. The van der Waals surface area contributed by atoms with E-state index in [1.807, 2.05) is 32.6 Å². The van der Waals surface area contributed by atoms with Crippen molar-refractivity contribution in [3.63, 3.8) is 0 Å². The van der Waals surface area contributed by atoms with Gasteiger partial charge in [0.15, 0.2) is 0 Å². The fourth-order valence-electron chi connectivity index (χ4n) is 3.79. The van der Waals surface area contributed by atoms with E-state index in [0.29, 0.717) is 0 Å². The Morgan fingerprint density at radius 1 is 1.14 bits per heavy atom. The van der Waals surface area contributed by atoms with E-state index in [2.05, 4.69) is 10.2 Å². The number of hydrogen-bond acceptors (Lipinski definition) is 3. The van der Waals surface area contributed by atoms with E-state index in [0.717, 1.165) is 25.6 Å². The summed E-state index contributed by atoms with van der Waals surface area (Å²) in [4.78, 5) is 29.8. The summed E-state index contributed by atoms with van der Waals surface area (Å²) < 4.78 is 0. The normalized spacial score (nSPS) is 33.7. The van der Waals surface area contributed by atoms with Gasteiger partial charge in [-0.15, -0.1) is 0 Å². The molecule has 5 nitrogen and oxygen atoms in total. The predicted octanol–water partition coefficient (Wildman–Crippen LogP) is 0.985. The van der Waals surface area contributed by atoms with E-state index < -0.39 is 5.54 Å². The molecule has 0 spiro atoms. The molecule has 2 amide bonds. The van der Waals surface area contributed by atoms with Crippen molar-refractivity contribution < 1.29 is 9.59 Å². The highest BCUT2D eigenvalue weighted by atomic mass is 16.2. The Labute approximate surface area is 127 Å². The average molecular weight is 293 g/mol. The fourth-order valence-corrected chi connectivity index (χ4v) is 3.79. The van der Waals surface area contributed by atoms with E-state index in [4.69, 9.17) is 0 Å². The molecule has 3 rings (SSSR count). The average Bonchev–Trinajstić information content (AvgIpc) is 3.11. The van der Waals surface area contributed by atoms with Gasteiger partial charge < -0.3 is 10.2 Å². The SMILES string of the molecule is CC(C)C1C(=O)NC(C)(C)C(=O)N1C1CCN(C2CC2)C1. The van der Waals surface area contributed by atoms with Crippen LogP contribution in [0.2, 0.25) is 0 Å². The maximum atomic E-state index is 12.9. The number of rotatable bonds is 3. The third kappa shape index (κ3) is 2.56. The van der Waals surface area contributed by atoms with Crippen molar-refractivity contribution in [2.75, 3.05) is 13.1 Å². The summed E-state index contributed by atoms with van der Waals surface area (Å²) in [6, 6.07) is 0.597. The lowest BCUT2D eigenvalue weighted by molar-refractivity contribution is -0.158. The van der Waals surface area contributed by atoms with Gasteiger partial charge in [0.2, 0.25) is 11.8 Å². The molecule has 118 valence electrons. The number of nitrogens with zero attached hydrogens (tertiary/aromatic N) is 2. The molecule has 5 heteroatoms. The van der Waals surface area contributed by atoms with E-state index in [1.54, 1.807) is 0 Å². The quantitative estimate of drug-likeness (QED) is 0.844. The monoisotopic (exact) mass is 293 g/mol. The van der Waals surface area contributed by atoms with E-state index >= 15 is 0 Å². The highest BCUT2D eigenvalue weighted by molar-refractivity contribution is 5.99. The first kappa shape index (κ1) is 14.8. The van der Waals surface area contributed by atoms with Gasteiger partial charge in [0.25, 0.3) is 0 Å². The molecule has 2 unspecified atom stereocenters. The summed E-state index contributed by atoms with van der Waals surface area (Å²) in [6.45, 7) is 9.66. The van der Waals surface area contributed by atoms with Gasteiger partial charge >= 0.3 is 0 Å². The third-order valence-corrected chi connectivity index (χ3v) is 5.06. The van der Waals surface area contributed by atoms with Crippen LogP contribution in [0.25, 0.3) is 0 Å². The van der Waals surface area contributed by atoms with Crippen molar-refractivity contribution in [2.45, 2.75) is 70.6 Å². The number of piperazine rings is 1. The molecular weight excluding hydrogens is 266 g/mol. The minimum Gasteiger partial charge on any atom is -0.340 e. The van der Waals surface area contributed by atoms with E-state index in [9.17, 15) is 9.59 Å². The van der Waals surface area contributed by atoms with Crippen molar-refractivity contribution >= 4 is 11.8 Å². The Hall–Kier alpha value is -1.10.